The zero-order valence-corrected chi connectivity index (χ0v) is 27.7. The molecule has 0 saturated heterocycles. The fraction of sp³-hybridized carbons (Fsp3) is 0. The minimum atomic E-state index is 0.708. The first-order valence-corrected chi connectivity index (χ1v) is 17.3. The molecule has 0 bridgehead atoms. The van der Waals surface area contributed by atoms with E-state index in [1.807, 2.05) is 18.2 Å². The van der Waals surface area contributed by atoms with Gasteiger partial charge in [0.05, 0.1) is 16.9 Å². The Balaban J connectivity index is 1.17. The van der Waals surface area contributed by atoms with Crippen LogP contribution in [0.5, 0.6) is 0 Å². The van der Waals surface area contributed by atoms with Crippen molar-refractivity contribution in [2.45, 2.75) is 0 Å². The monoisotopic (exact) mass is 649 g/mol. The molecule has 0 aliphatic heterocycles. The molecule has 51 heavy (non-hydrogen) atoms. The van der Waals surface area contributed by atoms with Crippen molar-refractivity contribution in [3.8, 4) is 22.6 Å². The molecule has 0 amide bonds. The molecule has 9 aromatic carbocycles. The maximum atomic E-state index is 5.14. The third-order valence-electron chi connectivity index (χ3n) is 10.0. The molecule has 0 N–H and O–H groups in total. The second kappa shape index (κ2) is 11.9. The predicted octanol–water partition coefficient (Wildman–Crippen LogP) is 13.0. The number of anilines is 3. The molecule has 0 spiro atoms. The van der Waals surface area contributed by atoms with E-state index >= 15 is 0 Å². The van der Waals surface area contributed by atoms with Gasteiger partial charge in [0.25, 0.3) is 0 Å². The lowest BCUT2D eigenvalue weighted by atomic mass is 9.94. The molecule has 0 atom stereocenters. The van der Waals surface area contributed by atoms with Gasteiger partial charge in [0, 0.05) is 33.3 Å². The van der Waals surface area contributed by atoms with Gasteiger partial charge in [-0.15, -0.1) is 0 Å². The van der Waals surface area contributed by atoms with Crippen molar-refractivity contribution < 1.29 is 0 Å². The second-order valence-corrected chi connectivity index (χ2v) is 13.0. The first kappa shape index (κ1) is 29.1. The van der Waals surface area contributed by atoms with Crippen LogP contribution in [0.4, 0.5) is 17.1 Å². The molecular formula is C48H31N3. The number of aromatic nitrogens is 2. The number of rotatable bonds is 5. The van der Waals surface area contributed by atoms with Gasteiger partial charge in [-0.05, 0) is 86.2 Å². The van der Waals surface area contributed by atoms with Crippen LogP contribution in [0.25, 0.3) is 76.6 Å². The lowest BCUT2D eigenvalue weighted by Crippen LogP contribution is -2.10. The molecule has 1 heterocycles. The topological polar surface area (TPSA) is 29.0 Å². The van der Waals surface area contributed by atoms with E-state index in [1.54, 1.807) is 0 Å². The van der Waals surface area contributed by atoms with E-state index in [0.29, 0.717) is 5.82 Å². The average Bonchev–Trinajstić information content (AvgIpc) is 3.21. The lowest BCUT2D eigenvalue weighted by molar-refractivity contribution is 1.22. The number of fused-ring (bicyclic) bond motifs is 8. The number of para-hydroxylation sites is 1. The number of hydrogen-bond acceptors (Lipinski definition) is 3. The molecule has 0 saturated carbocycles. The van der Waals surface area contributed by atoms with Gasteiger partial charge >= 0.3 is 0 Å². The normalized spacial score (nSPS) is 11.5. The maximum Gasteiger partial charge on any atom is 0.160 e. The van der Waals surface area contributed by atoms with Crippen molar-refractivity contribution in [1.29, 1.82) is 0 Å². The SMILES string of the molecule is c1ccc(-c2nc(-c3ccc(N(c4ccc5c6ccccc6c6ccccc6c5c4)c4cccc5ccccc45)cc3)nc3ccccc23)cc1. The second-order valence-electron chi connectivity index (χ2n) is 13.0. The summed E-state index contributed by atoms with van der Waals surface area (Å²) >= 11 is 0. The Hall–Kier alpha value is -6.84. The van der Waals surface area contributed by atoms with Crippen LogP contribution < -0.4 is 4.90 Å². The van der Waals surface area contributed by atoms with E-state index in [1.165, 1.54) is 43.1 Å². The van der Waals surface area contributed by atoms with Crippen LogP contribution in [-0.4, -0.2) is 9.97 Å². The largest absolute Gasteiger partial charge is 0.310 e. The molecular weight excluding hydrogens is 619 g/mol. The summed E-state index contributed by atoms with van der Waals surface area (Å²) in [5.74, 6) is 0.708. The predicted molar refractivity (Wildman–Crippen MR) is 215 cm³/mol. The van der Waals surface area contributed by atoms with Gasteiger partial charge in [-0.2, -0.15) is 0 Å². The third-order valence-corrected chi connectivity index (χ3v) is 10.0. The smallest absolute Gasteiger partial charge is 0.160 e. The molecule has 10 aromatic rings. The zero-order valence-electron chi connectivity index (χ0n) is 27.7. The van der Waals surface area contributed by atoms with Gasteiger partial charge in [0.2, 0.25) is 0 Å². The third kappa shape index (κ3) is 4.90. The van der Waals surface area contributed by atoms with Gasteiger partial charge in [0.15, 0.2) is 5.82 Å². The van der Waals surface area contributed by atoms with Gasteiger partial charge < -0.3 is 4.90 Å². The van der Waals surface area contributed by atoms with Crippen LogP contribution in [0.3, 0.4) is 0 Å². The van der Waals surface area contributed by atoms with E-state index < -0.39 is 0 Å². The minimum absolute atomic E-state index is 0.708. The summed E-state index contributed by atoms with van der Waals surface area (Å²) in [5, 5.41) is 11.0. The molecule has 0 radical (unpaired) electrons. The molecule has 0 fully saturated rings. The quantitative estimate of drug-likeness (QED) is 0.174. The Morgan fingerprint density at radius 3 is 1.61 bits per heavy atom. The molecule has 238 valence electrons. The van der Waals surface area contributed by atoms with Crippen LogP contribution in [0.15, 0.2) is 188 Å². The van der Waals surface area contributed by atoms with Gasteiger partial charge in [0.1, 0.15) is 0 Å². The Labute approximate surface area is 295 Å². The van der Waals surface area contributed by atoms with Crippen LogP contribution in [0.2, 0.25) is 0 Å². The number of hydrogen-bond donors (Lipinski definition) is 0. The van der Waals surface area contributed by atoms with Crippen molar-refractivity contribution in [2.24, 2.45) is 0 Å². The van der Waals surface area contributed by atoms with Crippen molar-refractivity contribution in [1.82, 2.24) is 9.97 Å². The van der Waals surface area contributed by atoms with Crippen molar-refractivity contribution in [3.63, 3.8) is 0 Å². The van der Waals surface area contributed by atoms with Crippen LogP contribution in [-0.2, 0) is 0 Å². The highest BCUT2D eigenvalue weighted by Crippen LogP contribution is 2.43. The minimum Gasteiger partial charge on any atom is -0.310 e. The summed E-state index contributed by atoms with van der Waals surface area (Å²) < 4.78 is 0. The van der Waals surface area contributed by atoms with Crippen LogP contribution in [0, 0.1) is 0 Å². The molecule has 0 aliphatic carbocycles. The Kier molecular flexibility index (Phi) is 6.81. The molecule has 3 nitrogen and oxygen atoms in total. The first-order valence-electron chi connectivity index (χ1n) is 17.3. The Morgan fingerprint density at radius 2 is 0.882 bits per heavy atom. The van der Waals surface area contributed by atoms with E-state index in [2.05, 4.69) is 175 Å². The van der Waals surface area contributed by atoms with Gasteiger partial charge in [-0.1, -0.05) is 140 Å². The zero-order chi connectivity index (χ0) is 33.7. The summed E-state index contributed by atoms with van der Waals surface area (Å²) in [4.78, 5) is 12.5. The summed E-state index contributed by atoms with van der Waals surface area (Å²) in [7, 11) is 0. The molecule has 10 rings (SSSR count). The van der Waals surface area contributed by atoms with E-state index in [9.17, 15) is 0 Å². The molecule has 0 aliphatic rings. The summed E-state index contributed by atoms with van der Waals surface area (Å²) in [6.45, 7) is 0. The standard InChI is InChI=1S/C48H31N3/c1-2-14-33(15-3-1)47-43-22-10-11-23-45(43)49-48(50-47)34-25-27-35(28-26-34)51(46-24-12-16-32-13-4-5-17-37(32)46)36-29-30-42-40-20-7-6-18-38(40)39-19-8-9-21-41(39)44(42)31-36/h1-31H. The Bertz CT molecular complexity index is 2870. The van der Waals surface area contributed by atoms with E-state index in [4.69, 9.17) is 9.97 Å². The van der Waals surface area contributed by atoms with Crippen LogP contribution in [0.1, 0.15) is 0 Å². The number of nitrogens with zero attached hydrogens (tertiary/aromatic N) is 3. The molecule has 3 heteroatoms. The fourth-order valence-corrected chi connectivity index (χ4v) is 7.65. The first-order chi connectivity index (χ1) is 25.3. The summed E-state index contributed by atoms with van der Waals surface area (Å²) in [6, 6.07) is 66.9. The molecule has 1 aromatic heterocycles. The Morgan fingerprint density at radius 1 is 0.333 bits per heavy atom. The van der Waals surface area contributed by atoms with Gasteiger partial charge in [-0.3, -0.25) is 0 Å². The average molecular weight is 650 g/mol. The fourth-order valence-electron chi connectivity index (χ4n) is 7.65. The number of benzene rings is 9. The highest BCUT2D eigenvalue weighted by atomic mass is 15.1. The summed E-state index contributed by atoms with van der Waals surface area (Å²) in [6.07, 6.45) is 0. The highest BCUT2D eigenvalue weighted by molar-refractivity contribution is 6.26. The van der Waals surface area contributed by atoms with Crippen molar-refractivity contribution >= 4 is 71.1 Å². The molecule has 0 unspecified atom stereocenters. The lowest BCUT2D eigenvalue weighted by Gasteiger charge is -2.27. The van der Waals surface area contributed by atoms with Crippen LogP contribution >= 0.6 is 0 Å². The highest BCUT2D eigenvalue weighted by Gasteiger charge is 2.18. The van der Waals surface area contributed by atoms with E-state index in [0.717, 1.165) is 44.8 Å². The van der Waals surface area contributed by atoms with Crippen molar-refractivity contribution in [2.75, 3.05) is 4.90 Å². The van der Waals surface area contributed by atoms with Crippen molar-refractivity contribution in [3.05, 3.63) is 188 Å². The maximum absolute atomic E-state index is 5.14. The van der Waals surface area contributed by atoms with E-state index in [-0.39, 0.29) is 0 Å². The summed E-state index contributed by atoms with van der Waals surface area (Å²) in [5.41, 5.74) is 7.19. The van der Waals surface area contributed by atoms with Gasteiger partial charge in [-0.25, -0.2) is 9.97 Å².